The van der Waals surface area contributed by atoms with Gasteiger partial charge in [-0.25, -0.2) is 4.79 Å². The van der Waals surface area contributed by atoms with Gasteiger partial charge in [-0.05, 0) is 39.3 Å². The summed E-state index contributed by atoms with van der Waals surface area (Å²) in [5.41, 5.74) is -0.481. The predicted molar refractivity (Wildman–Crippen MR) is 84.4 cm³/mol. The summed E-state index contributed by atoms with van der Waals surface area (Å²) in [4.78, 5) is 13.8. The van der Waals surface area contributed by atoms with Gasteiger partial charge in [-0.3, -0.25) is 0 Å². The van der Waals surface area contributed by atoms with Gasteiger partial charge in [-0.15, -0.1) is 0 Å². The van der Waals surface area contributed by atoms with Gasteiger partial charge in [0.1, 0.15) is 23.7 Å². The molecule has 6 nitrogen and oxygen atoms in total. The third-order valence-corrected chi connectivity index (χ3v) is 2.88. The molecule has 0 aliphatic heterocycles. The fourth-order valence-electron chi connectivity index (χ4n) is 1.92. The summed E-state index contributed by atoms with van der Waals surface area (Å²) >= 11 is 0. The zero-order valence-corrected chi connectivity index (χ0v) is 14.0. The first kappa shape index (κ1) is 18.5. The number of hydrogen-bond donors (Lipinski definition) is 2. The number of amides is 1. The molecule has 0 radical (unpaired) electrons. The van der Waals surface area contributed by atoms with Gasteiger partial charge in [0.25, 0.3) is 0 Å². The van der Waals surface area contributed by atoms with Gasteiger partial charge in [0.05, 0.1) is 6.54 Å². The molecular weight excluding hydrogens is 284 g/mol. The van der Waals surface area contributed by atoms with E-state index in [9.17, 15) is 4.79 Å². The predicted octanol–water partition coefficient (Wildman–Crippen LogP) is 2.51. The SMILES string of the molecule is CCCN(CCNCc1ccc(CO)o1)C(=O)OC(C)(C)C. The minimum absolute atomic E-state index is 0.0943. The van der Waals surface area contributed by atoms with Crippen LogP contribution >= 0.6 is 0 Å². The van der Waals surface area contributed by atoms with Crippen molar-refractivity contribution < 1.29 is 19.1 Å². The number of aliphatic hydroxyl groups excluding tert-OH is 1. The van der Waals surface area contributed by atoms with Crippen LogP contribution in [0.1, 0.15) is 45.6 Å². The highest BCUT2D eigenvalue weighted by atomic mass is 16.6. The fraction of sp³-hybridized carbons (Fsp3) is 0.688. The number of ether oxygens (including phenoxy) is 1. The zero-order chi connectivity index (χ0) is 16.6. The summed E-state index contributed by atoms with van der Waals surface area (Å²) in [6.45, 7) is 9.99. The molecule has 0 saturated carbocycles. The molecule has 1 rings (SSSR count). The van der Waals surface area contributed by atoms with E-state index in [1.807, 2.05) is 33.8 Å². The highest BCUT2D eigenvalue weighted by molar-refractivity contribution is 5.68. The molecule has 2 N–H and O–H groups in total. The second-order valence-electron chi connectivity index (χ2n) is 6.17. The quantitative estimate of drug-likeness (QED) is 0.721. The maximum Gasteiger partial charge on any atom is 0.410 e. The molecular formula is C16H28N2O4. The number of nitrogens with zero attached hydrogens (tertiary/aromatic N) is 1. The van der Waals surface area contributed by atoms with Crippen molar-refractivity contribution in [2.24, 2.45) is 0 Å². The molecule has 0 aromatic carbocycles. The molecule has 0 saturated heterocycles. The number of nitrogens with one attached hydrogen (secondary N) is 1. The average molecular weight is 312 g/mol. The van der Waals surface area contributed by atoms with E-state index in [-0.39, 0.29) is 12.7 Å². The van der Waals surface area contributed by atoms with Gasteiger partial charge in [0.15, 0.2) is 0 Å². The molecule has 1 aromatic heterocycles. The van der Waals surface area contributed by atoms with Crippen molar-refractivity contribution in [2.75, 3.05) is 19.6 Å². The van der Waals surface area contributed by atoms with E-state index in [0.717, 1.165) is 12.2 Å². The lowest BCUT2D eigenvalue weighted by Gasteiger charge is -2.27. The van der Waals surface area contributed by atoms with E-state index in [4.69, 9.17) is 14.3 Å². The number of furan rings is 1. The number of aliphatic hydroxyl groups is 1. The summed E-state index contributed by atoms with van der Waals surface area (Å²) in [7, 11) is 0. The van der Waals surface area contributed by atoms with Crippen LogP contribution in [0.15, 0.2) is 16.5 Å². The van der Waals surface area contributed by atoms with E-state index in [0.29, 0.717) is 31.9 Å². The van der Waals surface area contributed by atoms with Crippen LogP contribution < -0.4 is 5.32 Å². The van der Waals surface area contributed by atoms with Crippen LogP contribution in [-0.2, 0) is 17.9 Å². The summed E-state index contributed by atoms with van der Waals surface area (Å²) in [5.74, 6) is 1.32. The van der Waals surface area contributed by atoms with E-state index in [2.05, 4.69) is 5.32 Å². The molecule has 1 amide bonds. The lowest BCUT2D eigenvalue weighted by Crippen LogP contribution is -2.40. The highest BCUT2D eigenvalue weighted by Crippen LogP contribution is 2.10. The second-order valence-corrected chi connectivity index (χ2v) is 6.17. The molecule has 0 fully saturated rings. The van der Waals surface area contributed by atoms with E-state index < -0.39 is 5.60 Å². The van der Waals surface area contributed by atoms with Crippen LogP contribution in [0.2, 0.25) is 0 Å². The van der Waals surface area contributed by atoms with Crippen molar-refractivity contribution in [3.8, 4) is 0 Å². The van der Waals surface area contributed by atoms with Crippen molar-refractivity contribution in [2.45, 2.75) is 52.9 Å². The van der Waals surface area contributed by atoms with Crippen LogP contribution in [-0.4, -0.2) is 41.3 Å². The first-order valence-electron chi connectivity index (χ1n) is 7.72. The maximum absolute atomic E-state index is 12.1. The van der Waals surface area contributed by atoms with Gasteiger partial charge < -0.3 is 24.5 Å². The molecule has 1 aromatic rings. The standard InChI is InChI=1S/C16H28N2O4/c1-5-9-18(15(20)22-16(2,3)4)10-8-17-11-13-6-7-14(12-19)21-13/h6-7,17,19H,5,8-12H2,1-4H3. The number of carbonyl (C=O) groups is 1. The lowest BCUT2D eigenvalue weighted by molar-refractivity contribution is 0.0251. The van der Waals surface area contributed by atoms with Crippen molar-refractivity contribution in [1.29, 1.82) is 0 Å². The lowest BCUT2D eigenvalue weighted by atomic mass is 10.2. The first-order valence-corrected chi connectivity index (χ1v) is 7.72. The Morgan fingerprint density at radius 1 is 1.32 bits per heavy atom. The van der Waals surface area contributed by atoms with Crippen LogP contribution in [0.25, 0.3) is 0 Å². The van der Waals surface area contributed by atoms with Gasteiger partial charge in [0.2, 0.25) is 0 Å². The Labute approximate surface area is 132 Å². The van der Waals surface area contributed by atoms with Crippen molar-refractivity contribution in [1.82, 2.24) is 10.2 Å². The minimum Gasteiger partial charge on any atom is -0.462 e. The molecule has 22 heavy (non-hydrogen) atoms. The third kappa shape index (κ3) is 6.95. The van der Waals surface area contributed by atoms with Gasteiger partial charge >= 0.3 is 6.09 Å². The minimum atomic E-state index is -0.481. The fourth-order valence-corrected chi connectivity index (χ4v) is 1.92. The average Bonchev–Trinajstić information content (AvgIpc) is 2.88. The molecule has 0 aliphatic carbocycles. The summed E-state index contributed by atoms with van der Waals surface area (Å²) in [5, 5.41) is 12.2. The van der Waals surface area contributed by atoms with Gasteiger partial charge in [-0.1, -0.05) is 6.92 Å². The van der Waals surface area contributed by atoms with Gasteiger partial charge in [0, 0.05) is 19.6 Å². The highest BCUT2D eigenvalue weighted by Gasteiger charge is 2.21. The maximum atomic E-state index is 12.1. The third-order valence-electron chi connectivity index (χ3n) is 2.88. The Bertz CT molecular complexity index is 451. The summed E-state index contributed by atoms with van der Waals surface area (Å²) < 4.78 is 10.8. The Morgan fingerprint density at radius 3 is 2.55 bits per heavy atom. The molecule has 0 spiro atoms. The van der Waals surface area contributed by atoms with Crippen molar-refractivity contribution >= 4 is 6.09 Å². The number of hydrogen-bond acceptors (Lipinski definition) is 5. The summed E-state index contributed by atoms with van der Waals surface area (Å²) in [6, 6.07) is 3.58. The van der Waals surface area contributed by atoms with Crippen molar-refractivity contribution in [3.63, 3.8) is 0 Å². The monoisotopic (exact) mass is 312 g/mol. The Balaban J connectivity index is 2.36. The molecule has 0 aliphatic rings. The largest absolute Gasteiger partial charge is 0.462 e. The van der Waals surface area contributed by atoms with Crippen molar-refractivity contribution in [3.05, 3.63) is 23.7 Å². The molecule has 6 heteroatoms. The van der Waals surface area contributed by atoms with Gasteiger partial charge in [-0.2, -0.15) is 0 Å². The number of rotatable bonds is 8. The van der Waals surface area contributed by atoms with Crippen LogP contribution in [0, 0.1) is 0 Å². The van der Waals surface area contributed by atoms with Crippen LogP contribution in [0.5, 0.6) is 0 Å². The van der Waals surface area contributed by atoms with Crippen LogP contribution in [0.3, 0.4) is 0 Å². The topological polar surface area (TPSA) is 74.9 Å². The molecule has 0 unspecified atom stereocenters. The normalized spacial score (nSPS) is 11.5. The zero-order valence-electron chi connectivity index (χ0n) is 14.0. The van der Waals surface area contributed by atoms with E-state index in [1.165, 1.54) is 0 Å². The smallest absolute Gasteiger partial charge is 0.410 e. The Morgan fingerprint density at radius 2 is 2.00 bits per heavy atom. The Hall–Kier alpha value is -1.53. The number of carbonyl (C=O) groups excluding carboxylic acids is 1. The molecule has 0 bridgehead atoms. The van der Waals surface area contributed by atoms with E-state index >= 15 is 0 Å². The summed E-state index contributed by atoms with van der Waals surface area (Å²) in [6.07, 6.45) is 0.605. The second kappa shape index (κ2) is 8.80. The van der Waals surface area contributed by atoms with E-state index in [1.54, 1.807) is 11.0 Å². The first-order chi connectivity index (χ1) is 10.4. The molecule has 0 atom stereocenters. The molecule has 126 valence electrons. The Kier molecular flexibility index (Phi) is 7.41. The molecule has 1 heterocycles. The van der Waals surface area contributed by atoms with Crippen LogP contribution in [0.4, 0.5) is 4.79 Å².